The number of hydrogen-bond acceptors (Lipinski definition) is 6. The van der Waals surface area contributed by atoms with Gasteiger partial charge in [-0.25, -0.2) is 14.8 Å². The fourth-order valence-electron chi connectivity index (χ4n) is 3.56. The zero-order chi connectivity index (χ0) is 21.8. The first-order valence-corrected chi connectivity index (χ1v) is 10.1. The van der Waals surface area contributed by atoms with E-state index in [4.69, 9.17) is 4.74 Å². The van der Waals surface area contributed by atoms with Gasteiger partial charge in [0.15, 0.2) is 0 Å². The second-order valence-electron chi connectivity index (χ2n) is 7.58. The van der Waals surface area contributed by atoms with Crippen molar-refractivity contribution >= 4 is 12.0 Å². The molecule has 0 spiro atoms. The number of hydrogen-bond donors (Lipinski definition) is 2. The maximum atomic E-state index is 12.6. The molecule has 0 radical (unpaired) electrons. The molecule has 8 nitrogen and oxygen atoms in total. The van der Waals surface area contributed by atoms with Gasteiger partial charge in [0.2, 0.25) is 5.95 Å². The van der Waals surface area contributed by atoms with E-state index >= 15 is 0 Å². The molecule has 1 saturated heterocycles. The van der Waals surface area contributed by atoms with Gasteiger partial charge in [0.1, 0.15) is 5.69 Å². The Morgan fingerprint density at radius 3 is 2.71 bits per heavy atom. The van der Waals surface area contributed by atoms with Crippen molar-refractivity contribution in [3.63, 3.8) is 0 Å². The Morgan fingerprint density at radius 1 is 1.19 bits per heavy atom. The van der Waals surface area contributed by atoms with E-state index < -0.39 is 11.9 Å². The van der Waals surface area contributed by atoms with E-state index in [1.165, 1.54) is 6.07 Å². The largest absolute Gasteiger partial charge is 0.433 e. The van der Waals surface area contributed by atoms with Crippen molar-refractivity contribution in [3.8, 4) is 0 Å². The average molecular weight is 436 g/mol. The summed E-state index contributed by atoms with van der Waals surface area (Å²) < 4.78 is 43.2. The molecule has 2 N–H and O–H groups in total. The van der Waals surface area contributed by atoms with Crippen molar-refractivity contribution in [2.24, 2.45) is 0 Å². The van der Waals surface area contributed by atoms with Gasteiger partial charge in [-0.05, 0) is 36.5 Å². The van der Waals surface area contributed by atoms with Crippen LogP contribution in [0.5, 0.6) is 0 Å². The smallest absolute Gasteiger partial charge is 0.381 e. The number of carbonyl (C=O) groups is 1. The van der Waals surface area contributed by atoms with Gasteiger partial charge in [-0.15, -0.1) is 0 Å². The lowest BCUT2D eigenvalue weighted by atomic mass is 10.1. The topological polar surface area (TPSA) is 92.3 Å². The monoisotopic (exact) mass is 436 g/mol. The van der Waals surface area contributed by atoms with Crippen molar-refractivity contribution in [2.45, 2.75) is 44.6 Å². The summed E-state index contributed by atoms with van der Waals surface area (Å²) >= 11 is 0. The molecule has 4 rings (SSSR count). The van der Waals surface area contributed by atoms with Gasteiger partial charge in [-0.2, -0.15) is 13.2 Å². The second kappa shape index (κ2) is 9.04. The van der Waals surface area contributed by atoms with Crippen molar-refractivity contribution in [1.82, 2.24) is 25.2 Å². The number of fused-ring (bicyclic) bond motifs is 1. The number of carbonyl (C=O) groups excluding carboxylic acids is 1. The van der Waals surface area contributed by atoms with Crippen molar-refractivity contribution in [2.75, 3.05) is 25.1 Å². The molecule has 2 aliphatic rings. The summed E-state index contributed by atoms with van der Waals surface area (Å²) in [4.78, 5) is 26.6. The summed E-state index contributed by atoms with van der Waals surface area (Å²) in [5.74, 6) is 0.545. The number of nitrogens with one attached hydrogen (secondary N) is 2. The highest BCUT2D eigenvalue weighted by molar-refractivity contribution is 5.74. The Morgan fingerprint density at radius 2 is 2.00 bits per heavy atom. The predicted molar refractivity (Wildman–Crippen MR) is 105 cm³/mol. The number of aromatic nitrogens is 3. The fraction of sp³-hybridized carbons (Fsp3) is 0.500. The number of halogens is 3. The predicted octanol–water partition coefficient (Wildman–Crippen LogP) is 2.75. The average Bonchev–Trinajstić information content (AvgIpc) is 2.77. The molecule has 2 aromatic rings. The highest BCUT2D eigenvalue weighted by Crippen LogP contribution is 2.27. The molecule has 0 aliphatic carbocycles. The molecule has 11 heteroatoms. The van der Waals surface area contributed by atoms with E-state index in [9.17, 15) is 18.0 Å². The molecule has 0 unspecified atom stereocenters. The van der Waals surface area contributed by atoms with E-state index in [1.807, 2.05) is 0 Å². The number of urea groups is 1. The first-order valence-electron chi connectivity index (χ1n) is 10.1. The van der Waals surface area contributed by atoms with E-state index in [2.05, 4.69) is 25.6 Å². The van der Waals surface area contributed by atoms with Gasteiger partial charge in [0, 0.05) is 44.7 Å². The van der Waals surface area contributed by atoms with Gasteiger partial charge in [0.05, 0.1) is 12.2 Å². The zero-order valence-electron chi connectivity index (χ0n) is 16.8. The zero-order valence-corrected chi connectivity index (χ0v) is 16.8. The summed E-state index contributed by atoms with van der Waals surface area (Å²) in [6, 6.07) is 2.18. The number of pyridine rings is 1. The number of amides is 2. The number of nitrogens with zero attached hydrogens (tertiary/aromatic N) is 4. The molecule has 0 aromatic carbocycles. The van der Waals surface area contributed by atoms with Crippen LogP contribution in [0.2, 0.25) is 0 Å². The molecule has 2 aliphatic heterocycles. The van der Waals surface area contributed by atoms with Crippen LogP contribution in [0.3, 0.4) is 0 Å². The lowest BCUT2D eigenvalue weighted by molar-refractivity contribution is -0.141. The Bertz CT molecular complexity index is 916. The van der Waals surface area contributed by atoms with Crippen LogP contribution in [0.1, 0.15) is 35.4 Å². The maximum Gasteiger partial charge on any atom is 0.433 e. The van der Waals surface area contributed by atoms with E-state index in [0.717, 1.165) is 36.4 Å². The highest BCUT2D eigenvalue weighted by Gasteiger charge is 2.32. The lowest BCUT2D eigenvalue weighted by Gasteiger charge is -2.29. The minimum absolute atomic E-state index is 0.0909. The SMILES string of the molecule is O=C(NCc1ccc(C(F)(F)F)nc1)N1CCc2cnc(NC3CCOCC3)nc2C1. The van der Waals surface area contributed by atoms with Gasteiger partial charge in [0.25, 0.3) is 0 Å². The minimum atomic E-state index is -4.48. The summed E-state index contributed by atoms with van der Waals surface area (Å²) in [7, 11) is 0. The van der Waals surface area contributed by atoms with Crippen LogP contribution in [0.25, 0.3) is 0 Å². The standard InChI is InChI=1S/C20H23F3N6O2/c21-20(22,23)17-2-1-13(9-24-17)10-26-19(30)29-6-3-14-11-25-18(28-16(14)12-29)27-15-4-7-31-8-5-15/h1-2,9,11,15H,3-8,10,12H2,(H,26,30)(H,25,27,28). The normalized spacial score (nSPS) is 17.2. The summed E-state index contributed by atoms with van der Waals surface area (Å²) in [5.41, 5.74) is 1.33. The lowest BCUT2D eigenvalue weighted by Crippen LogP contribution is -2.43. The van der Waals surface area contributed by atoms with Crippen molar-refractivity contribution < 1.29 is 22.7 Å². The Labute approximate surface area is 177 Å². The van der Waals surface area contributed by atoms with E-state index in [-0.39, 0.29) is 18.6 Å². The Balaban J connectivity index is 1.33. The summed E-state index contributed by atoms with van der Waals surface area (Å²) in [6.45, 7) is 2.38. The second-order valence-corrected chi connectivity index (χ2v) is 7.58. The molecule has 0 atom stereocenters. The maximum absolute atomic E-state index is 12.6. The third kappa shape index (κ3) is 5.40. The molecule has 4 heterocycles. The molecule has 31 heavy (non-hydrogen) atoms. The highest BCUT2D eigenvalue weighted by atomic mass is 19.4. The van der Waals surface area contributed by atoms with Crippen LogP contribution < -0.4 is 10.6 Å². The van der Waals surface area contributed by atoms with Gasteiger partial charge < -0.3 is 20.3 Å². The van der Waals surface area contributed by atoms with Crippen LogP contribution in [0.15, 0.2) is 24.5 Å². The minimum Gasteiger partial charge on any atom is -0.381 e. The molecule has 166 valence electrons. The first kappa shape index (κ1) is 21.3. The van der Waals surface area contributed by atoms with Crippen LogP contribution >= 0.6 is 0 Å². The van der Waals surface area contributed by atoms with Crippen molar-refractivity contribution in [1.29, 1.82) is 0 Å². The molecule has 0 bridgehead atoms. The molecular formula is C20H23F3N6O2. The number of rotatable bonds is 4. The third-order valence-electron chi connectivity index (χ3n) is 5.35. The molecule has 2 amide bonds. The van der Waals surface area contributed by atoms with Crippen LogP contribution in [-0.2, 0) is 30.4 Å². The molecular weight excluding hydrogens is 413 g/mol. The third-order valence-corrected chi connectivity index (χ3v) is 5.35. The Kier molecular flexibility index (Phi) is 6.21. The summed E-state index contributed by atoms with van der Waals surface area (Å²) in [5, 5.41) is 6.06. The summed E-state index contributed by atoms with van der Waals surface area (Å²) in [6.07, 6.45) is 0.871. The Hall–Kier alpha value is -2.95. The molecule has 0 saturated carbocycles. The van der Waals surface area contributed by atoms with E-state index in [1.54, 1.807) is 11.1 Å². The molecule has 2 aromatic heterocycles. The quantitative estimate of drug-likeness (QED) is 0.766. The molecule has 1 fully saturated rings. The van der Waals surface area contributed by atoms with E-state index in [0.29, 0.717) is 44.2 Å². The van der Waals surface area contributed by atoms with Gasteiger partial charge >= 0.3 is 12.2 Å². The van der Waals surface area contributed by atoms with Gasteiger partial charge in [-0.3, -0.25) is 4.98 Å². The van der Waals surface area contributed by atoms with Crippen molar-refractivity contribution in [3.05, 3.63) is 47.0 Å². The van der Waals surface area contributed by atoms with Crippen LogP contribution in [0.4, 0.5) is 23.9 Å². The van der Waals surface area contributed by atoms with Crippen LogP contribution in [0, 0.1) is 0 Å². The number of ether oxygens (including phenoxy) is 1. The number of anilines is 1. The number of alkyl halides is 3. The first-order chi connectivity index (χ1) is 14.9. The van der Waals surface area contributed by atoms with Crippen LogP contribution in [-0.4, -0.2) is 51.7 Å². The fourth-order valence-corrected chi connectivity index (χ4v) is 3.56. The van der Waals surface area contributed by atoms with Gasteiger partial charge in [-0.1, -0.05) is 6.07 Å².